The molecule has 2 aliphatic rings. The van der Waals surface area contributed by atoms with Gasteiger partial charge >= 0.3 is 5.97 Å². The number of aliphatic carboxylic acids is 1. The van der Waals surface area contributed by atoms with Crippen LogP contribution in [0.1, 0.15) is 19.8 Å². The summed E-state index contributed by atoms with van der Waals surface area (Å²) in [7, 11) is 0. The van der Waals surface area contributed by atoms with Crippen molar-refractivity contribution in [3.05, 3.63) is 0 Å². The molecule has 5 nitrogen and oxygen atoms in total. The van der Waals surface area contributed by atoms with E-state index in [-0.39, 0.29) is 30.4 Å². The molecule has 102 valence electrons. The highest BCUT2D eigenvalue weighted by Gasteiger charge is 2.47. The Bertz CT molecular complexity index is 336. The highest BCUT2D eigenvalue weighted by molar-refractivity contribution is 7.99. The summed E-state index contributed by atoms with van der Waals surface area (Å²) in [4.78, 5) is 24.9. The van der Waals surface area contributed by atoms with Gasteiger partial charge in [0.25, 0.3) is 0 Å². The SMILES string of the molecule is CCOC1CC1C(=O)N1CCSCC1CC(=O)O. The molecule has 0 spiro atoms. The highest BCUT2D eigenvalue weighted by atomic mass is 32.2. The number of carbonyl (C=O) groups is 2. The fraction of sp³-hybridized carbons (Fsp3) is 0.833. The van der Waals surface area contributed by atoms with Gasteiger partial charge in [-0.05, 0) is 13.3 Å². The van der Waals surface area contributed by atoms with Crippen molar-refractivity contribution in [2.24, 2.45) is 5.92 Å². The molecule has 2 rings (SSSR count). The highest BCUT2D eigenvalue weighted by Crippen LogP contribution is 2.37. The molecule has 1 heterocycles. The van der Waals surface area contributed by atoms with Crippen LogP contribution in [0, 0.1) is 5.92 Å². The van der Waals surface area contributed by atoms with Crippen LogP contribution >= 0.6 is 11.8 Å². The van der Waals surface area contributed by atoms with E-state index >= 15 is 0 Å². The quantitative estimate of drug-likeness (QED) is 0.803. The predicted molar refractivity (Wildman–Crippen MR) is 68.6 cm³/mol. The number of amides is 1. The van der Waals surface area contributed by atoms with Gasteiger partial charge < -0.3 is 14.7 Å². The average Bonchev–Trinajstić information content (AvgIpc) is 3.08. The Morgan fingerprint density at radius 2 is 2.28 bits per heavy atom. The second-order valence-electron chi connectivity index (χ2n) is 4.69. The van der Waals surface area contributed by atoms with Crippen molar-refractivity contribution in [1.82, 2.24) is 4.90 Å². The third-order valence-electron chi connectivity index (χ3n) is 3.35. The molecule has 0 radical (unpaired) electrons. The van der Waals surface area contributed by atoms with Gasteiger partial charge in [-0.3, -0.25) is 9.59 Å². The first-order valence-electron chi connectivity index (χ1n) is 6.35. The second-order valence-corrected chi connectivity index (χ2v) is 5.84. The molecule has 0 aromatic rings. The molecule has 0 aromatic carbocycles. The Hall–Kier alpha value is -0.750. The maximum absolute atomic E-state index is 12.3. The predicted octanol–water partition coefficient (Wildman–Crippen LogP) is 0.830. The standard InChI is InChI=1S/C12H19NO4S/c1-2-17-10-6-9(10)12(16)13-3-4-18-7-8(13)5-11(14)15/h8-10H,2-7H2,1H3,(H,14,15). The molecule has 3 unspecified atom stereocenters. The number of carboxylic acid groups (broad SMARTS) is 1. The molecule has 18 heavy (non-hydrogen) atoms. The van der Waals surface area contributed by atoms with Crippen molar-refractivity contribution in [2.75, 3.05) is 24.7 Å². The molecule has 0 bridgehead atoms. The number of ether oxygens (including phenoxy) is 1. The molecule has 1 N–H and O–H groups in total. The van der Waals surface area contributed by atoms with E-state index in [9.17, 15) is 9.59 Å². The van der Waals surface area contributed by atoms with Crippen LogP contribution in [0.25, 0.3) is 0 Å². The monoisotopic (exact) mass is 273 g/mol. The van der Waals surface area contributed by atoms with E-state index in [1.54, 1.807) is 16.7 Å². The van der Waals surface area contributed by atoms with Gasteiger partial charge in [-0.2, -0.15) is 11.8 Å². The number of hydrogen-bond donors (Lipinski definition) is 1. The summed E-state index contributed by atoms with van der Waals surface area (Å²) in [6.07, 6.45) is 0.892. The lowest BCUT2D eigenvalue weighted by Crippen LogP contribution is -2.48. The lowest BCUT2D eigenvalue weighted by Gasteiger charge is -2.34. The number of carboxylic acids is 1. The largest absolute Gasteiger partial charge is 0.481 e. The molecule has 1 saturated carbocycles. The van der Waals surface area contributed by atoms with Gasteiger partial charge in [-0.1, -0.05) is 0 Å². The number of thioether (sulfide) groups is 1. The minimum atomic E-state index is -0.836. The number of hydrogen-bond acceptors (Lipinski definition) is 4. The van der Waals surface area contributed by atoms with E-state index in [0.29, 0.717) is 13.2 Å². The van der Waals surface area contributed by atoms with Crippen molar-refractivity contribution < 1.29 is 19.4 Å². The van der Waals surface area contributed by atoms with E-state index in [0.717, 1.165) is 17.9 Å². The first-order valence-corrected chi connectivity index (χ1v) is 7.50. The van der Waals surface area contributed by atoms with Crippen molar-refractivity contribution in [1.29, 1.82) is 0 Å². The first-order chi connectivity index (χ1) is 8.63. The second kappa shape index (κ2) is 5.93. The van der Waals surface area contributed by atoms with Crippen LogP contribution in [0.15, 0.2) is 0 Å². The summed E-state index contributed by atoms with van der Waals surface area (Å²) >= 11 is 1.72. The molecule has 3 atom stereocenters. The van der Waals surface area contributed by atoms with Crippen molar-refractivity contribution >= 4 is 23.6 Å². The van der Waals surface area contributed by atoms with Gasteiger partial charge in [0.05, 0.1) is 24.5 Å². The zero-order valence-corrected chi connectivity index (χ0v) is 11.3. The number of rotatable bonds is 5. The summed E-state index contributed by atoms with van der Waals surface area (Å²) < 4.78 is 5.42. The number of nitrogens with zero attached hydrogens (tertiary/aromatic N) is 1. The van der Waals surface area contributed by atoms with E-state index in [1.165, 1.54) is 0 Å². The van der Waals surface area contributed by atoms with Crippen LogP contribution < -0.4 is 0 Å². The minimum absolute atomic E-state index is 0.0376. The maximum Gasteiger partial charge on any atom is 0.305 e. The Morgan fingerprint density at radius 1 is 1.50 bits per heavy atom. The summed E-state index contributed by atoms with van der Waals surface area (Å²) in [6, 6.07) is -0.156. The Labute approximate surface area is 111 Å². The van der Waals surface area contributed by atoms with E-state index in [1.807, 2.05) is 6.92 Å². The molecular weight excluding hydrogens is 254 g/mol. The molecule has 6 heteroatoms. The topological polar surface area (TPSA) is 66.8 Å². The summed E-state index contributed by atoms with van der Waals surface area (Å²) in [6.45, 7) is 3.21. The molecule has 1 amide bonds. The van der Waals surface area contributed by atoms with Gasteiger partial charge in [0.1, 0.15) is 0 Å². The van der Waals surface area contributed by atoms with Gasteiger partial charge in [-0.15, -0.1) is 0 Å². The zero-order valence-electron chi connectivity index (χ0n) is 10.5. The van der Waals surface area contributed by atoms with Crippen LogP contribution in [0.2, 0.25) is 0 Å². The third-order valence-corrected chi connectivity index (χ3v) is 4.44. The Balaban J connectivity index is 1.92. The summed E-state index contributed by atoms with van der Waals surface area (Å²) in [5.41, 5.74) is 0. The molecular formula is C12H19NO4S. The maximum atomic E-state index is 12.3. The van der Waals surface area contributed by atoms with E-state index < -0.39 is 5.97 Å². The molecule has 1 aliphatic heterocycles. The zero-order chi connectivity index (χ0) is 13.1. The fourth-order valence-electron chi connectivity index (χ4n) is 2.36. The van der Waals surface area contributed by atoms with Crippen LogP contribution in [0.5, 0.6) is 0 Å². The normalized spacial score (nSPS) is 31.2. The number of carbonyl (C=O) groups excluding carboxylic acids is 1. The van der Waals surface area contributed by atoms with Crippen LogP contribution in [-0.2, 0) is 14.3 Å². The average molecular weight is 273 g/mol. The molecule has 0 aromatic heterocycles. The van der Waals surface area contributed by atoms with Crippen LogP contribution in [0.3, 0.4) is 0 Å². The van der Waals surface area contributed by atoms with Crippen molar-refractivity contribution in [3.8, 4) is 0 Å². The van der Waals surface area contributed by atoms with Gasteiger partial charge in [-0.25, -0.2) is 0 Å². The van der Waals surface area contributed by atoms with E-state index in [2.05, 4.69) is 0 Å². The van der Waals surface area contributed by atoms with Crippen molar-refractivity contribution in [2.45, 2.75) is 31.9 Å². The molecule has 2 fully saturated rings. The lowest BCUT2D eigenvalue weighted by molar-refractivity contribution is -0.141. The summed E-state index contributed by atoms with van der Waals surface area (Å²) in [5.74, 6) is 0.833. The fourth-order valence-corrected chi connectivity index (χ4v) is 3.42. The first kappa shape index (κ1) is 13.7. The minimum Gasteiger partial charge on any atom is -0.481 e. The third kappa shape index (κ3) is 3.17. The molecule has 1 saturated heterocycles. The van der Waals surface area contributed by atoms with Crippen molar-refractivity contribution in [3.63, 3.8) is 0 Å². The van der Waals surface area contributed by atoms with E-state index in [4.69, 9.17) is 9.84 Å². The summed E-state index contributed by atoms with van der Waals surface area (Å²) in [5, 5.41) is 8.88. The van der Waals surface area contributed by atoms with Crippen LogP contribution in [0.4, 0.5) is 0 Å². The van der Waals surface area contributed by atoms with Gasteiger partial charge in [0, 0.05) is 24.7 Å². The lowest BCUT2D eigenvalue weighted by atomic mass is 10.1. The van der Waals surface area contributed by atoms with Crippen LogP contribution in [-0.4, -0.2) is 58.7 Å². The smallest absolute Gasteiger partial charge is 0.305 e. The Morgan fingerprint density at radius 3 is 2.94 bits per heavy atom. The van der Waals surface area contributed by atoms with Gasteiger partial charge in [0.2, 0.25) is 5.91 Å². The van der Waals surface area contributed by atoms with Gasteiger partial charge in [0.15, 0.2) is 0 Å². The Kier molecular flexibility index (Phi) is 4.50. The molecule has 1 aliphatic carbocycles.